The Bertz CT molecular complexity index is 1660. The van der Waals surface area contributed by atoms with E-state index < -0.39 is 35.7 Å². The number of likely N-dealkylation sites (N-methyl/N-ethyl adjacent to an activating group) is 1. The van der Waals surface area contributed by atoms with Crippen LogP contribution in [-0.2, 0) is 28.7 Å². The van der Waals surface area contributed by atoms with Crippen molar-refractivity contribution in [3.63, 3.8) is 0 Å². The monoisotopic (exact) mass is 626 g/mol. The molecule has 3 N–H and O–H groups in total. The van der Waals surface area contributed by atoms with Gasteiger partial charge in [0.2, 0.25) is 5.96 Å². The Labute approximate surface area is 256 Å². The van der Waals surface area contributed by atoms with Gasteiger partial charge in [-0.05, 0) is 48.4 Å². The van der Waals surface area contributed by atoms with E-state index in [2.05, 4.69) is 11.1 Å². The molecule has 0 bridgehead atoms. The number of methoxy groups -OCH3 is 1. The highest BCUT2D eigenvalue weighted by molar-refractivity contribution is 7.09. The number of quaternary nitrogens is 1. The van der Waals surface area contributed by atoms with Crippen LogP contribution in [0.1, 0.15) is 40.2 Å². The number of hydrogen-bond donors (Lipinski definition) is 2. The summed E-state index contributed by atoms with van der Waals surface area (Å²) in [6.45, 7) is 2.68. The SMILES string of the molecule is COC(=O)C1=C(C)N(c2cccc(C(F)(F)F)c2)C(=N)N(C(N)=O)[C@@H]1c1ccc(C#N)cc1CC[N+](C)(C)Cc1nccs1. The first-order chi connectivity index (χ1) is 20.7. The van der Waals surface area contributed by atoms with E-state index >= 15 is 0 Å². The second kappa shape index (κ2) is 12.5. The Balaban J connectivity index is 1.88. The fourth-order valence-corrected chi connectivity index (χ4v) is 6.05. The Kier molecular flexibility index (Phi) is 9.12. The van der Waals surface area contributed by atoms with Gasteiger partial charge in [0, 0.05) is 29.4 Å². The van der Waals surface area contributed by atoms with Crippen LogP contribution in [0.25, 0.3) is 0 Å². The van der Waals surface area contributed by atoms with Crippen molar-refractivity contribution < 1.29 is 32.0 Å². The van der Waals surface area contributed by atoms with E-state index in [0.29, 0.717) is 40.7 Å². The Hall–Kier alpha value is -4.74. The van der Waals surface area contributed by atoms with Crippen LogP contribution in [0.2, 0.25) is 0 Å². The minimum Gasteiger partial charge on any atom is -0.466 e. The van der Waals surface area contributed by atoms with Crippen LogP contribution in [0.5, 0.6) is 0 Å². The van der Waals surface area contributed by atoms with E-state index in [-0.39, 0.29) is 17.0 Å². The van der Waals surface area contributed by atoms with Crippen LogP contribution >= 0.6 is 11.3 Å². The lowest BCUT2D eigenvalue weighted by atomic mass is 9.87. The Morgan fingerprint density at radius 1 is 1.23 bits per heavy atom. The molecule has 0 saturated heterocycles. The van der Waals surface area contributed by atoms with E-state index in [0.717, 1.165) is 34.0 Å². The summed E-state index contributed by atoms with van der Waals surface area (Å²) in [7, 11) is 5.19. The zero-order valence-corrected chi connectivity index (χ0v) is 25.3. The van der Waals surface area contributed by atoms with Crippen molar-refractivity contribution in [3.05, 3.63) is 92.6 Å². The lowest BCUT2D eigenvalue weighted by Gasteiger charge is -2.43. The first-order valence-electron chi connectivity index (χ1n) is 13.4. The molecule has 1 aliphatic heterocycles. The molecule has 0 unspecified atom stereocenters. The van der Waals surface area contributed by atoms with E-state index in [1.165, 1.54) is 36.5 Å². The lowest BCUT2D eigenvalue weighted by Crippen LogP contribution is -2.55. The van der Waals surface area contributed by atoms with Crippen LogP contribution in [0.3, 0.4) is 0 Å². The van der Waals surface area contributed by atoms with Crippen molar-refractivity contribution in [1.82, 2.24) is 9.88 Å². The molecule has 2 amide bonds. The van der Waals surface area contributed by atoms with Gasteiger partial charge in [0.1, 0.15) is 17.6 Å². The fraction of sp³-hybridized carbons (Fsp3) is 0.300. The number of ether oxygens (including phenoxy) is 1. The number of thiazole rings is 1. The number of carbonyl (C=O) groups excluding carboxylic acids is 2. The van der Waals surface area contributed by atoms with Gasteiger partial charge in [-0.25, -0.2) is 14.6 Å². The average Bonchev–Trinajstić information content (AvgIpc) is 3.47. The number of anilines is 1. The van der Waals surface area contributed by atoms with Gasteiger partial charge in [0.25, 0.3) is 0 Å². The zero-order chi connectivity index (χ0) is 32.4. The minimum absolute atomic E-state index is 0.0823. The molecule has 2 heterocycles. The number of nitrogens with zero attached hydrogens (tertiary/aromatic N) is 5. The first-order valence-corrected chi connectivity index (χ1v) is 14.2. The molecule has 0 radical (unpaired) electrons. The number of aromatic nitrogens is 1. The molecular formula is C30H31F3N7O3S+. The molecule has 0 aliphatic carbocycles. The predicted molar refractivity (Wildman–Crippen MR) is 158 cm³/mol. The molecule has 0 saturated carbocycles. The molecule has 3 aromatic rings. The minimum atomic E-state index is -4.67. The molecule has 14 heteroatoms. The summed E-state index contributed by atoms with van der Waals surface area (Å²) < 4.78 is 46.3. The van der Waals surface area contributed by atoms with Crippen molar-refractivity contribution in [2.45, 2.75) is 32.1 Å². The second-order valence-electron chi connectivity index (χ2n) is 10.8. The molecular weight excluding hydrogens is 595 g/mol. The second-order valence-corrected chi connectivity index (χ2v) is 11.8. The molecule has 230 valence electrons. The van der Waals surface area contributed by atoms with E-state index in [1.54, 1.807) is 18.3 Å². The molecule has 10 nitrogen and oxygen atoms in total. The van der Waals surface area contributed by atoms with E-state index in [1.807, 2.05) is 19.5 Å². The zero-order valence-electron chi connectivity index (χ0n) is 24.5. The molecule has 0 fully saturated rings. The van der Waals surface area contributed by atoms with E-state index in [9.17, 15) is 28.0 Å². The van der Waals surface area contributed by atoms with Gasteiger partial charge < -0.3 is 15.0 Å². The van der Waals surface area contributed by atoms with Crippen molar-refractivity contribution in [2.75, 3.05) is 32.6 Å². The number of carbonyl (C=O) groups is 2. The van der Waals surface area contributed by atoms with Gasteiger partial charge in [-0.15, -0.1) is 11.3 Å². The number of esters is 1. The molecule has 1 aromatic heterocycles. The van der Waals surface area contributed by atoms with Crippen molar-refractivity contribution in [3.8, 4) is 6.07 Å². The predicted octanol–water partition coefficient (Wildman–Crippen LogP) is 5.18. The highest BCUT2D eigenvalue weighted by Gasteiger charge is 2.44. The quantitative estimate of drug-likeness (QED) is 0.261. The smallest absolute Gasteiger partial charge is 0.416 e. The number of urea groups is 1. The fourth-order valence-electron chi connectivity index (χ4n) is 5.23. The summed E-state index contributed by atoms with van der Waals surface area (Å²) >= 11 is 1.54. The number of primary amides is 1. The normalized spacial score (nSPS) is 15.8. The summed E-state index contributed by atoms with van der Waals surface area (Å²) in [6.07, 6.45) is -2.53. The molecule has 4 rings (SSSR count). The summed E-state index contributed by atoms with van der Waals surface area (Å²) in [6, 6.07) is 8.72. The van der Waals surface area contributed by atoms with Gasteiger partial charge >= 0.3 is 18.2 Å². The third-order valence-corrected chi connectivity index (χ3v) is 8.14. The van der Waals surface area contributed by atoms with Crippen molar-refractivity contribution >= 4 is 35.0 Å². The molecule has 0 spiro atoms. The third kappa shape index (κ3) is 6.58. The molecule has 1 atom stereocenters. The maximum Gasteiger partial charge on any atom is 0.416 e. The number of nitrogens with one attached hydrogen (secondary N) is 1. The summed E-state index contributed by atoms with van der Waals surface area (Å²) in [5.41, 5.74) is 6.10. The topological polar surface area (TPSA) is 136 Å². The molecule has 44 heavy (non-hydrogen) atoms. The van der Waals surface area contributed by atoms with Crippen LogP contribution in [0.4, 0.5) is 23.7 Å². The number of amides is 2. The average molecular weight is 627 g/mol. The van der Waals surface area contributed by atoms with Crippen LogP contribution < -0.4 is 10.6 Å². The van der Waals surface area contributed by atoms with Gasteiger partial charge in [-0.1, -0.05) is 12.1 Å². The summed E-state index contributed by atoms with van der Waals surface area (Å²) in [4.78, 5) is 32.6. The van der Waals surface area contributed by atoms with Gasteiger partial charge in [0.05, 0.1) is 50.5 Å². The number of alkyl halides is 3. The largest absolute Gasteiger partial charge is 0.466 e. The van der Waals surface area contributed by atoms with Crippen LogP contribution in [0.15, 0.2) is 65.3 Å². The maximum absolute atomic E-state index is 13.6. The standard InChI is InChI=1S/C30H30F3N7O3S/c1-18-25(27(41)43-4)26(39(29(36)42)28(35)38(18)22-7-5-6-21(15-22)30(31,32)33)23-9-8-19(16-34)14-20(23)10-12-40(2,3)17-24-37-11-13-44-24/h5-9,11,13-15,26,35H,10,12,17H2,1-4H3,(H-,36,42)/p+1/t26-/m1/s1. The van der Waals surface area contributed by atoms with E-state index in [4.69, 9.17) is 15.9 Å². The number of benzene rings is 2. The number of allylic oxidation sites excluding steroid dienone is 1. The third-order valence-electron chi connectivity index (χ3n) is 7.37. The van der Waals surface area contributed by atoms with Crippen LogP contribution in [-0.4, -0.2) is 60.1 Å². The Morgan fingerprint density at radius 3 is 2.55 bits per heavy atom. The number of halogens is 3. The van der Waals surface area contributed by atoms with Gasteiger partial charge in [-0.3, -0.25) is 15.2 Å². The lowest BCUT2D eigenvalue weighted by molar-refractivity contribution is -0.903. The Morgan fingerprint density at radius 2 is 1.95 bits per heavy atom. The summed E-state index contributed by atoms with van der Waals surface area (Å²) in [5, 5.41) is 21.5. The first kappa shape index (κ1) is 32.2. The summed E-state index contributed by atoms with van der Waals surface area (Å²) in [5.74, 6) is -1.42. The van der Waals surface area contributed by atoms with Crippen molar-refractivity contribution in [1.29, 1.82) is 10.7 Å². The number of hydrogen-bond acceptors (Lipinski definition) is 7. The van der Waals surface area contributed by atoms with Crippen molar-refractivity contribution in [2.24, 2.45) is 5.73 Å². The highest BCUT2D eigenvalue weighted by atomic mass is 32.1. The van der Waals surface area contributed by atoms with Gasteiger partial charge in [-0.2, -0.15) is 18.4 Å². The van der Waals surface area contributed by atoms with Crippen LogP contribution in [0, 0.1) is 16.7 Å². The molecule has 1 aliphatic rings. The van der Waals surface area contributed by atoms with Gasteiger partial charge in [0.15, 0.2) is 0 Å². The number of rotatable bonds is 8. The maximum atomic E-state index is 13.6. The number of guanidine groups is 1. The number of nitrogens with two attached hydrogens (primary N) is 1. The number of nitriles is 1. The highest BCUT2D eigenvalue weighted by Crippen LogP contribution is 2.42. The molecule has 2 aromatic carbocycles.